The first-order valence-corrected chi connectivity index (χ1v) is 4.41. The molecule has 0 atom stereocenters. The van der Waals surface area contributed by atoms with E-state index in [0.717, 1.165) is 0 Å². The molecule has 0 fully saturated rings. The molecular weight excluding hydrogens is 196 g/mol. The second-order valence-corrected chi connectivity index (χ2v) is 3.18. The average molecular weight is 206 g/mol. The number of fused-ring (bicyclic) bond motifs is 1. The van der Waals surface area contributed by atoms with Crippen molar-refractivity contribution in [1.29, 1.82) is 0 Å². The van der Waals surface area contributed by atoms with Crippen molar-refractivity contribution in [3.05, 3.63) is 34.2 Å². The van der Waals surface area contributed by atoms with Crippen LogP contribution in [0.5, 0.6) is 0 Å². The minimum Gasteiger partial charge on any atom is -0.465 e. The molecule has 0 unspecified atom stereocenters. The molecule has 0 saturated carbocycles. The number of nitrogens with zero attached hydrogens (tertiary/aromatic N) is 1. The van der Waals surface area contributed by atoms with Crippen LogP contribution in [0.3, 0.4) is 0 Å². The fourth-order valence-electron chi connectivity index (χ4n) is 1.58. The molecule has 5 nitrogen and oxygen atoms in total. The van der Waals surface area contributed by atoms with E-state index in [1.54, 1.807) is 25.2 Å². The number of esters is 1. The minimum absolute atomic E-state index is 0.249. The molecule has 0 spiro atoms. The maximum Gasteiger partial charge on any atom is 0.340 e. The van der Waals surface area contributed by atoms with E-state index in [-0.39, 0.29) is 5.69 Å². The molecule has 1 aromatic heterocycles. The summed E-state index contributed by atoms with van der Waals surface area (Å²) >= 11 is 0. The van der Waals surface area contributed by atoms with E-state index in [2.05, 4.69) is 9.72 Å². The van der Waals surface area contributed by atoms with Gasteiger partial charge in [-0.15, -0.1) is 0 Å². The molecule has 2 aromatic rings. The van der Waals surface area contributed by atoms with E-state index < -0.39 is 5.97 Å². The lowest BCUT2D eigenvalue weighted by Gasteiger charge is -2.01. The SMILES string of the molecule is COC(=O)c1cccc2[nH]c(=O)n(C)c12. The molecule has 0 saturated heterocycles. The maximum atomic E-state index is 11.4. The third kappa shape index (κ3) is 1.32. The van der Waals surface area contributed by atoms with Gasteiger partial charge in [-0.25, -0.2) is 9.59 Å². The molecule has 0 aliphatic carbocycles. The molecule has 1 heterocycles. The number of carbonyl (C=O) groups is 1. The summed E-state index contributed by atoms with van der Waals surface area (Å²) in [4.78, 5) is 25.4. The highest BCUT2D eigenvalue weighted by atomic mass is 16.5. The Kier molecular flexibility index (Phi) is 2.07. The first kappa shape index (κ1) is 9.51. The highest BCUT2D eigenvalue weighted by Gasteiger charge is 2.14. The van der Waals surface area contributed by atoms with Crippen molar-refractivity contribution in [1.82, 2.24) is 9.55 Å². The number of carbonyl (C=O) groups excluding carboxylic acids is 1. The molecule has 1 N–H and O–H groups in total. The quantitative estimate of drug-likeness (QED) is 0.697. The number of hydrogen-bond acceptors (Lipinski definition) is 3. The maximum absolute atomic E-state index is 11.4. The highest BCUT2D eigenvalue weighted by Crippen LogP contribution is 2.15. The highest BCUT2D eigenvalue weighted by molar-refractivity contribution is 6.01. The van der Waals surface area contributed by atoms with Crippen LogP contribution < -0.4 is 5.69 Å². The summed E-state index contributed by atoms with van der Waals surface area (Å²) in [5.74, 6) is -0.449. The van der Waals surface area contributed by atoms with E-state index in [0.29, 0.717) is 16.6 Å². The summed E-state index contributed by atoms with van der Waals surface area (Å²) in [6.45, 7) is 0. The molecule has 2 rings (SSSR count). The lowest BCUT2D eigenvalue weighted by molar-refractivity contribution is 0.0602. The molecule has 0 aliphatic rings. The van der Waals surface area contributed by atoms with Gasteiger partial charge >= 0.3 is 11.7 Å². The van der Waals surface area contributed by atoms with Crippen LogP contribution in [-0.4, -0.2) is 22.6 Å². The number of H-pyrrole nitrogens is 1. The third-order valence-corrected chi connectivity index (χ3v) is 2.32. The number of nitrogens with one attached hydrogen (secondary N) is 1. The monoisotopic (exact) mass is 206 g/mol. The summed E-state index contributed by atoms with van der Waals surface area (Å²) in [6, 6.07) is 5.06. The Labute approximate surface area is 85.3 Å². The number of benzene rings is 1. The third-order valence-electron chi connectivity index (χ3n) is 2.32. The van der Waals surface area contributed by atoms with Gasteiger partial charge in [0.15, 0.2) is 0 Å². The van der Waals surface area contributed by atoms with Crippen LogP contribution in [0.15, 0.2) is 23.0 Å². The summed E-state index contributed by atoms with van der Waals surface area (Å²) in [5.41, 5.74) is 1.33. The predicted octanol–water partition coefficient (Wildman–Crippen LogP) is 0.653. The van der Waals surface area contributed by atoms with Gasteiger partial charge in [0.2, 0.25) is 0 Å². The van der Waals surface area contributed by atoms with Crippen molar-refractivity contribution in [2.45, 2.75) is 0 Å². The van der Waals surface area contributed by atoms with E-state index in [1.807, 2.05) is 0 Å². The first-order chi connectivity index (χ1) is 7.15. The van der Waals surface area contributed by atoms with Crippen LogP contribution >= 0.6 is 0 Å². The van der Waals surface area contributed by atoms with Gasteiger partial charge in [0.1, 0.15) is 0 Å². The van der Waals surface area contributed by atoms with E-state index >= 15 is 0 Å². The summed E-state index contributed by atoms with van der Waals surface area (Å²) in [7, 11) is 2.92. The van der Waals surface area contributed by atoms with Gasteiger partial charge in [-0.3, -0.25) is 4.57 Å². The van der Waals surface area contributed by atoms with Gasteiger partial charge in [-0.2, -0.15) is 0 Å². The standard InChI is InChI=1S/C10H10N2O3/c1-12-8-6(9(13)15-2)4-3-5-7(8)11-10(12)14/h3-5H,1-2H3,(H,11,14). The Hall–Kier alpha value is -2.04. The molecule has 0 amide bonds. The van der Waals surface area contributed by atoms with Gasteiger partial charge in [0.05, 0.1) is 23.7 Å². The number of rotatable bonds is 1. The number of para-hydroxylation sites is 1. The lowest BCUT2D eigenvalue weighted by Crippen LogP contribution is -2.13. The van der Waals surface area contributed by atoms with E-state index in [4.69, 9.17) is 0 Å². The Balaban J connectivity index is 2.86. The molecular formula is C10H10N2O3. The summed E-state index contributed by atoms with van der Waals surface area (Å²) in [5, 5.41) is 0. The zero-order chi connectivity index (χ0) is 11.0. The Bertz CT molecular complexity index is 580. The molecule has 5 heteroatoms. The molecule has 78 valence electrons. The van der Waals surface area contributed by atoms with Crippen LogP contribution in [0.25, 0.3) is 11.0 Å². The number of imidazole rings is 1. The molecule has 1 aromatic carbocycles. The van der Waals surface area contributed by atoms with Gasteiger partial charge < -0.3 is 9.72 Å². The Morgan fingerprint density at radius 1 is 1.47 bits per heavy atom. The van der Waals surface area contributed by atoms with Crippen molar-refractivity contribution in [2.24, 2.45) is 7.05 Å². The molecule has 0 radical (unpaired) electrons. The van der Waals surface area contributed by atoms with Crippen LogP contribution in [-0.2, 0) is 11.8 Å². The number of aromatic amines is 1. The van der Waals surface area contributed by atoms with Crippen LogP contribution in [0.1, 0.15) is 10.4 Å². The van der Waals surface area contributed by atoms with Gasteiger partial charge in [0, 0.05) is 7.05 Å². The van der Waals surface area contributed by atoms with Crippen LogP contribution in [0.2, 0.25) is 0 Å². The lowest BCUT2D eigenvalue weighted by atomic mass is 10.2. The van der Waals surface area contributed by atoms with Gasteiger partial charge in [-0.05, 0) is 12.1 Å². The predicted molar refractivity (Wildman–Crippen MR) is 54.9 cm³/mol. The molecule has 0 bridgehead atoms. The van der Waals surface area contributed by atoms with E-state index in [1.165, 1.54) is 11.7 Å². The normalized spacial score (nSPS) is 10.5. The fourth-order valence-corrected chi connectivity index (χ4v) is 1.58. The van der Waals surface area contributed by atoms with Crippen molar-refractivity contribution in [3.63, 3.8) is 0 Å². The average Bonchev–Trinajstić information content (AvgIpc) is 2.54. The zero-order valence-corrected chi connectivity index (χ0v) is 8.40. The van der Waals surface area contributed by atoms with Gasteiger partial charge in [-0.1, -0.05) is 6.07 Å². The Morgan fingerprint density at radius 2 is 2.20 bits per heavy atom. The fraction of sp³-hybridized carbons (Fsp3) is 0.200. The summed E-state index contributed by atoms with van der Waals surface area (Å²) in [6.07, 6.45) is 0. The second-order valence-electron chi connectivity index (χ2n) is 3.18. The minimum atomic E-state index is -0.449. The second kappa shape index (κ2) is 3.27. The number of aryl methyl sites for hydroxylation is 1. The smallest absolute Gasteiger partial charge is 0.340 e. The summed E-state index contributed by atoms with van der Waals surface area (Å²) < 4.78 is 6.03. The van der Waals surface area contributed by atoms with E-state index in [9.17, 15) is 9.59 Å². The number of methoxy groups -OCH3 is 1. The van der Waals surface area contributed by atoms with Crippen molar-refractivity contribution in [3.8, 4) is 0 Å². The number of hydrogen-bond donors (Lipinski definition) is 1. The largest absolute Gasteiger partial charge is 0.465 e. The Morgan fingerprint density at radius 3 is 2.87 bits per heavy atom. The van der Waals surface area contributed by atoms with Crippen molar-refractivity contribution < 1.29 is 9.53 Å². The van der Waals surface area contributed by atoms with Gasteiger partial charge in [0.25, 0.3) is 0 Å². The van der Waals surface area contributed by atoms with Crippen molar-refractivity contribution in [2.75, 3.05) is 7.11 Å². The van der Waals surface area contributed by atoms with Crippen LogP contribution in [0.4, 0.5) is 0 Å². The molecule has 15 heavy (non-hydrogen) atoms. The zero-order valence-electron chi connectivity index (χ0n) is 8.40. The number of aromatic nitrogens is 2. The number of ether oxygens (including phenoxy) is 1. The molecule has 0 aliphatic heterocycles. The first-order valence-electron chi connectivity index (χ1n) is 4.41. The topological polar surface area (TPSA) is 64.1 Å². The van der Waals surface area contributed by atoms with Crippen molar-refractivity contribution >= 4 is 17.0 Å². The van der Waals surface area contributed by atoms with Crippen LogP contribution in [0, 0.1) is 0 Å².